The fourth-order valence-corrected chi connectivity index (χ4v) is 2.32. The Labute approximate surface area is 121 Å². The number of nitrogens with one attached hydrogen (secondary N) is 1. The van der Waals surface area contributed by atoms with Crippen molar-refractivity contribution >= 4 is 22.8 Å². The van der Waals surface area contributed by atoms with Gasteiger partial charge in [0.1, 0.15) is 13.1 Å². The second-order valence-electron chi connectivity index (χ2n) is 4.77. The van der Waals surface area contributed by atoms with Crippen LogP contribution in [0.1, 0.15) is 21.6 Å². The summed E-state index contributed by atoms with van der Waals surface area (Å²) in [6.07, 6.45) is 0. The molecule has 0 unspecified atom stereocenters. The summed E-state index contributed by atoms with van der Waals surface area (Å²) in [7, 11) is 0. The Morgan fingerprint density at radius 2 is 2.10 bits per heavy atom. The molecule has 1 heterocycles. The lowest BCUT2D eigenvalue weighted by atomic mass is 10.1. The highest BCUT2D eigenvalue weighted by atomic mass is 16.4. The maximum atomic E-state index is 11.8. The molecule has 2 rings (SSSR count). The van der Waals surface area contributed by atoms with Crippen molar-refractivity contribution < 1.29 is 14.7 Å². The first-order chi connectivity index (χ1) is 9.95. The van der Waals surface area contributed by atoms with Crippen molar-refractivity contribution in [3.63, 3.8) is 0 Å². The van der Waals surface area contributed by atoms with Crippen LogP contribution < -0.4 is 5.32 Å². The molecule has 108 valence electrons. The zero-order valence-corrected chi connectivity index (χ0v) is 11.8. The summed E-state index contributed by atoms with van der Waals surface area (Å²) in [5.41, 5.74) is 2.87. The second kappa shape index (κ2) is 5.67. The number of nitriles is 1. The molecule has 0 bridgehead atoms. The molecule has 2 N–H and O–H groups in total. The van der Waals surface area contributed by atoms with Gasteiger partial charge in [0.25, 0.3) is 0 Å². The predicted octanol–water partition coefficient (Wildman–Crippen LogP) is 1.60. The number of nitrogens with zero attached hydrogens (tertiary/aromatic N) is 2. The van der Waals surface area contributed by atoms with Crippen LogP contribution in [0.15, 0.2) is 18.2 Å². The Bertz CT molecular complexity index is 769. The number of fused-ring (bicyclic) bond motifs is 1. The van der Waals surface area contributed by atoms with Crippen LogP contribution in [0, 0.1) is 25.2 Å². The van der Waals surface area contributed by atoms with Gasteiger partial charge in [0.2, 0.25) is 5.91 Å². The molecule has 2 aromatic rings. The number of carbonyl (C=O) groups is 2. The Hall–Kier alpha value is -2.81. The number of aryl methyl sites for hydroxylation is 1. The molecule has 0 radical (unpaired) electrons. The van der Waals surface area contributed by atoms with E-state index in [2.05, 4.69) is 5.32 Å². The van der Waals surface area contributed by atoms with E-state index in [1.807, 2.05) is 24.5 Å². The average Bonchev–Trinajstić information content (AvgIpc) is 2.70. The maximum Gasteiger partial charge on any atom is 0.335 e. The lowest BCUT2D eigenvalue weighted by Crippen LogP contribution is -2.28. The predicted molar refractivity (Wildman–Crippen MR) is 77.0 cm³/mol. The van der Waals surface area contributed by atoms with Crippen LogP contribution in [0.3, 0.4) is 0 Å². The topological polar surface area (TPSA) is 95.1 Å². The minimum Gasteiger partial charge on any atom is -0.478 e. The summed E-state index contributed by atoms with van der Waals surface area (Å²) in [6, 6.07) is 6.70. The van der Waals surface area contributed by atoms with E-state index in [0.29, 0.717) is 0 Å². The zero-order chi connectivity index (χ0) is 15.6. The Kier molecular flexibility index (Phi) is 3.94. The van der Waals surface area contributed by atoms with Crippen LogP contribution in [0.2, 0.25) is 0 Å². The second-order valence-corrected chi connectivity index (χ2v) is 4.77. The van der Waals surface area contributed by atoms with Crippen molar-refractivity contribution in [2.45, 2.75) is 20.4 Å². The van der Waals surface area contributed by atoms with Gasteiger partial charge in [0, 0.05) is 16.6 Å². The lowest BCUT2D eigenvalue weighted by Gasteiger charge is -2.08. The minimum atomic E-state index is -0.978. The third kappa shape index (κ3) is 2.72. The van der Waals surface area contributed by atoms with E-state index in [-0.39, 0.29) is 24.6 Å². The molecule has 21 heavy (non-hydrogen) atoms. The molecule has 0 atom stereocenters. The van der Waals surface area contributed by atoms with Crippen molar-refractivity contribution in [1.29, 1.82) is 5.26 Å². The summed E-state index contributed by atoms with van der Waals surface area (Å²) in [4.78, 5) is 22.8. The number of carbonyl (C=O) groups excluding carboxylic acids is 1. The highest BCUT2D eigenvalue weighted by Gasteiger charge is 2.15. The normalized spacial score (nSPS) is 10.3. The van der Waals surface area contributed by atoms with Gasteiger partial charge < -0.3 is 15.0 Å². The van der Waals surface area contributed by atoms with Crippen LogP contribution in [0.25, 0.3) is 10.9 Å². The van der Waals surface area contributed by atoms with Crippen LogP contribution in [-0.2, 0) is 11.3 Å². The molecule has 0 saturated carbocycles. The third-order valence-corrected chi connectivity index (χ3v) is 3.55. The van der Waals surface area contributed by atoms with Crippen molar-refractivity contribution in [1.82, 2.24) is 9.88 Å². The van der Waals surface area contributed by atoms with Crippen molar-refractivity contribution in [2.24, 2.45) is 0 Å². The molecule has 6 heteroatoms. The van der Waals surface area contributed by atoms with Crippen molar-refractivity contribution in [3.05, 3.63) is 35.0 Å². The van der Waals surface area contributed by atoms with Crippen molar-refractivity contribution in [2.75, 3.05) is 6.54 Å². The SMILES string of the molecule is Cc1c(C)n(CC(=O)NCC#N)c2ccc(C(=O)O)cc12. The van der Waals surface area contributed by atoms with Gasteiger partial charge in [-0.2, -0.15) is 5.26 Å². The zero-order valence-electron chi connectivity index (χ0n) is 11.8. The molecule has 0 aliphatic rings. The first kappa shape index (κ1) is 14.6. The summed E-state index contributed by atoms with van der Waals surface area (Å²) in [6.45, 7) is 3.85. The van der Waals surface area contributed by atoms with E-state index in [1.165, 1.54) is 6.07 Å². The summed E-state index contributed by atoms with van der Waals surface area (Å²) in [5, 5.41) is 20.8. The highest BCUT2D eigenvalue weighted by Crippen LogP contribution is 2.26. The van der Waals surface area contributed by atoms with Gasteiger partial charge in [-0.25, -0.2) is 4.79 Å². The largest absolute Gasteiger partial charge is 0.478 e. The number of benzene rings is 1. The molecular weight excluding hydrogens is 270 g/mol. The molecule has 0 aliphatic heterocycles. The number of hydrogen-bond acceptors (Lipinski definition) is 3. The van der Waals surface area contributed by atoms with Crippen LogP contribution in [0.4, 0.5) is 0 Å². The Morgan fingerprint density at radius 1 is 1.38 bits per heavy atom. The van der Waals surface area contributed by atoms with Gasteiger partial charge in [0.15, 0.2) is 0 Å². The van der Waals surface area contributed by atoms with Gasteiger partial charge in [0.05, 0.1) is 11.6 Å². The van der Waals surface area contributed by atoms with E-state index in [4.69, 9.17) is 10.4 Å². The highest BCUT2D eigenvalue weighted by molar-refractivity contribution is 5.95. The number of carboxylic acids is 1. The summed E-state index contributed by atoms with van der Waals surface area (Å²) < 4.78 is 1.82. The monoisotopic (exact) mass is 285 g/mol. The number of aromatic carboxylic acids is 1. The van der Waals surface area contributed by atoms with E-state index in [0.717, 1.165) is 22.2 Å². The Balaban J connectivity index is 2.45. The van der Waals surface area contributed by atoms with Gasteiger partial charge >= 0.3 is 5.97 Å². The number of rotatable bonds is 4. The lowest BCUT2D eigenvalue weighted by molar-refractivity contribution is -0.121. The van der Waals surface area contributed by atoms with Gasteiger partial charge in [-0.3, -0.25) is 4.79 Å². The van der Waals surface area contributed by atoms with E-state index in [1.54, 1.807) is 12.1 Å². The number of hydrogen-bond donors (Lipinski definition) is 2. The first-order valence-corrected chi connectivity index (χ1v) is 6.42. The molecule has 1 aromatic carbocycles. The number of carboxylic acid groups (broad SMARTS) is 1. The molecular formula is C15H15N3O3. The maximum absolute atomic E-state index is 11.8. The van der Waals surface area contributed by atoms with Gasteiger partial charge in [-0.1, -0.05) is 0 Å². The fourth-order valence-electron chi connectivity index (χ4n) is 2.32. The minimum absolute atomic E-state index is 0.0285. The molecule has 0 aliphatic carbocycles. The summed E-state index contributed by atoms with van der Waals surface area (Å²) in [5.74, 6) is -1.23. The van der Waals surface area contributed by atoms with E-state index < -0.39 is 5.97 Å². The average molecular weight is 285 g/mol. The third-order valence-electron chi connectivity index (χ3n) is 3.55. The molecule has 0 spiro atoms. The standard InChI is InChI=1S/C15H15N3O3/c1-9-10(2)18(8-14(19)17-6-5-16)13-4-3-11(15(20)21)7-12(9)13/h3-4,7H,6,8H2,1-2H3,(H,17,19)(H,20,21). The molecule has 0 saturated heterocycles. The van der Waals surface area contributed by atoms with Crippen LogP contribution in [0.5, 0.6) is 0 Å². The Morgan fingerprint density at radius 3 is 2.71 bits per heavy atom. The van der Waals surface area contributed by atoms with Gasteiger partial charge in [-0.15, -0.1) is 0 Å². The van der Waals surface area contributed by atoms with E-state index in [9.17, 15) is 9.59 Å². The smallest absolute Gasteiger partial charge is 0.335 e. The molecule has 6 nitrogen and oxygen atoms in total. The van der Waals surface area contributed by atoms with Crippen molar-refractivity contribution in [3.8, 4) is 6.07 Å². The molecule has 1 amide bonds. The number of amides is 1. The quantitative estimate of drug-likeness (QED) is 0.834. The van der Waals surface area contributed by atoms with E-state index >= 15 is 0 Å². The molecule has 0 fully saturated rings. The number of aromatic nitrogens is 1. The first-order valence-electron chi connectivity index (χ1n) is 6.42. The van der Waals surface area contributed by atoms with Gasteiger partial charge in [-0.05, 0) is 37.6 Å². The summed E-state index contributed by atoms with van der Waals surface area (Å²) >= 11 is 0. The fraction of sp³-hybridized carbons (Fsp3) is 0.267. The van der Waals surface area contributed by atoms with Crippen LogP contribution in [-0.4, -0.2) is 28.1 Å². The van der Waals surface area contributed by atoms with Crippen LogP contribution >= 0.6 is 0 Å². The molecule has 1 aromatic heterocycles.